The van der Waals surface area contributed by atoms with Crippen molar-refractivity contribution >= 4 is 16.4 Å². The fraction of sp³-hybridized carbons (Fsp3) is 0.667. The van der Waals surface area contributed by atoms with Crippen LogP contribution in [0.15, 0.2) is 122 Å². The molecule has 1 heterocycles. The fourth-order valence-electron chi connectivity index (χ4n) is 8.26. The SMILES string of the molecule is CC/C=C\C/C=C\C/C=C\C/C=C\C/C=C\C/C=C\CCCCCCCCCOCC(COC1OC(CO)C(O)C(OS(=O)(=O)O)C1O)OC(=O)CCCCCCCCCCCC/C=C\C/C=C\C/C=C\C/C=C\CC. The summed E-state index contributed by atoms with van der Waals surface area (Å²) in [5.74, 6) is -0.412. The minimum Gasteiger partial charge on any atom is -0.457 e. The molecular weight excluding hydrogens is 981 g/mol. The Morgan fingerprint density at radius 2 is 0.868 bits per heavy atom. The first kappa shape index (κ1) is 70.5. The predicted octanol–water partition coefficient (Wildman–Crippen LogP) is 14.9. The first-order valence-electron chi connectivity index (χ1n) is 29.3. The number of carbonyl (C=O) groups excluding carboxylic acids is 1. The van der Waals surface area contributed by atoms with E-state index in [1.54, 1.807) is 0 Å². The number of ether oxygens (including phenoxy) is 4. The number of aliphatic hydroxyl groups is 3. The molecule has 1 aliphatic rings. The first-order valence-corrected chi connectivity index (χ1v) is 30.7. The Kier molecular flexibility index (Phi) is 48.4. The molecule has 1 fully saturated rings. The van der Waals surface area contributed by atoms with Crippen molar-refractivity contribution in [2.45, 2.75) is 243 Å². The van der Waals surface area contributed by atoms with Gasteiger partial charge in [0.05, 0.1) is 19.8 Å². The van der Waals surface area contributed by atoms with E-state index in [4.69, 9.17) is 18.9 Å². The highest BCUT2D eigenvalue weighted by atomic mass is 32.3. The van der Waals surface area contributed by atoms with E-state index in [0.717, 1.165) is 122 Å². The Labute approximate surface area is 461 Å². The van der Waals surface area contributed by atoms with Gasteiger partial charge < -0.3 is 34.3 Å². The van der Waals surface area contributed by atoms with Gasteiger partial charge in [0.2, 0.25) is 0 Å². The highest BCUT2D eigenvalue weighted by Crippen LogP contribution is 2.26. The van der Waals surface area contributed by atoms with Gasteiger partial charge in [0.25, 0.3) is 0 Å². The first-order chi connectivity index (χ1) is 37.1. The maximum Gasteiger partial charge on any atom is 0.397 e. The third-order valence-corrected chi connectivity index (χ3v) is 13.0. The van der Waals surface area contributed by atoms with Gasteiger partial charge in [0.15, 0.2) is 6.29 Å². The number of esters is 1. The average Bonchev–Trinajstić information content (AvgIpc) is 3.40. The summed E-state index contributed by atoms with van der Waals surface area (Å²) >= 11 is 0. The van der Waals surface area contributed by atoms with Crippen molar-refractivity contribution in [3.63, 3.8) is 0 Å². The lowest BCUT2D eigenvalue weighted by Crippen LogP contribution is -2.60. The Balaban J connectivity index is 2.32. The molecular formula is C63H104O12S. The molecule has 6 atom stereocenters. The standard InChI is InChI=1S/C63H104O12S/c1-3-5-7-9-11-13-15-17-19-21-23-25-27-28-29-31-33-35-37-39-41-43-45-47-49-51-53-71-55-57(56-72-63-61(67)62(75-76(68,69)70)60(66)58(54-64)74-63)73-59(65)52-50-48-46-44-42-40-38-36-34-32-30-26-24-22-20-18-16-14-12-10-8-6-4-2/h5-8,11-14,17-20,23-26,28-29,33,35,57-58,60-64,66-67H,3-4,9-10,15-16,21-22,27,30-32,34,36-56H2,1-2H3,(H,68,69,70)/b7-5-,8-6-,13-11-,14-12-,19-17-,20-18-,25-23-,26-24-,29-28-,35-33-. The zero-order valence-corrected chi connectivity index (χ0v) is 47.8. The molecule has 0 bridgehead atoms. The van der Waals surface area contributed by atoms with Crippen molar-refractivity contribution in [2.75, 3.05) is 26.4 Å². The fourth-order valence-corrected chi connectivity index (χ4v) is 8.76. The lowest BCUT2D eigenvalue weighted by atomic mass is 9.99. The van der Waals surface area contributed by atoms with Crippen molar-refractivity contribution in [1.82, 2.24) is 0 Å². The number of rotatable bonds is 50. The smallest absolute Gasteiger partial charge is 0.397 e. The third-order valence-electron chi connectivity index (χ3n) is 12.6. The minimum absolute atomic E-state index is 0.0184. The molecule has 6 unspecified atom stereocenters. The van der Waals surface area contributed by atoms with Gasteiger partial charge in [-0.25, -0.2) is 4.18 Å². The molecule has 12 nitrogen and oxygen atoms in total. The average molecular weight is 1090 g/mol. The molecule has 0 aromatic rings. The quantitative estimate of drug-likeness (QED) is 0.0196. The van der Waals surface area contributed by atoms with Crippen molar-refractivity contribution in [1.29, 1.82) is 0 Å². The van der Waals surface area contributed by atoms with E-state index < -0.39 is 59.8 Å². The van der Waals surface area contributed by atoms with Crippen molar-refractivity contribution in [3.8, 4) is 0 Å². The molecule has 0 radical (unpaired) electrons. The molecule has 13 heteroatoms. The van der Waals surface area contributed by atoms with Gasteiger partial charge >= 0.3 is 16.4 Å². The van der Waals surface area contributed by atoms with Gasteiger partial charge in [0.1, 0.15) is 30.5 Å². The van der Waals surface area contributed by atoms with Crippen molar-refractivity contribution < 1.29 is 56.2 Å². The van der Waals surface area contributed by atoms with E-state index in [9.17, 15) is 33.1 Å². The maximum absolute atomic E-state index is 13.0. The van der Waals surface area contributed by atoms with E-state index in [-0.39, 0.29) is 19.6 Å². The molecule has 0 amide bonds. The summed E-state index contributed by atoms with van der Waals surface area (Å²) in [6, 6.07) is 0. The Hall–Kier alpha value is -3.50. The summed E-state index contributed by atoms with van der Waals surface area (Å²) in [6.07, 6.45) is 66.5. The van der Waals surface area contributed by atoms with Crippen molar-refractivity contribution in [2.24, 2.45) is 0 Å². The molecule has 1 saturated heterocycles. The molecule has 1 aliphatic heterocycles. The van der Waals surface area contributed by atoms with E-state index in [1.807, 2.05) is 0 Å². The van der Waals surface area contributed by atoms with Crippen LogP contribution in [0.4, 0.5) is 0 Å². The second-order valence-electron chi connectivity index (χ2n) is 19.5. The Morgan fingerprint density at radius 1 is 0.500 bits per heavy atom. The van der Waals surface area contributed by atoms with Crippen LogP contribution in [0.1, 0.15) is 206 Å². The van der Waals surface area contributed by atoms with Gasteiger partial charge in [-0.2, -0.15) is 8.42 Å². The molecule has 0 aliphatic carbocycles. The van der Waals surface area contributed by atoms with Crippen LogP contribution < -0.4 is 0 Å². The lowest BCUT2D eigenvalue weighted by Gasteiger charge is -2.41. The van der Waals surface area contributed by atoms with Crippen LogP contribution in [-0.4, -0.2) is 97.5 Å². The van der Waals surface area contributed by atoms with Crippen LogP contribution in [0.25, 0.3) is 0 Å². The Morgan fingerprint density at radius 3 is 1.26 bits per heavy atom. The third kappa shape index (κ3) is 44.5. The monoisotopic (exact) mass is 1080 g/mol. The van der Waals surface area contributed by atoms with Crippen LogP contribution >= 0.6 is 0 Å². The largest absolute Gasteiger partial charge is 0.457 e. The zero-order valence-electron chi connectivity index (χ0n) is 47.0. The van der Waals surface area contributed by atoms with Crippen LogP contribution in [0.5, 0.6) is 0 Å². The molecule has 76 heavy (non-hydrogen) atoms. The van der Waals surface area contributed by atoms with Gasteiger partial charge in [-0.05, 0) is 103 Å². The normalized spacial score (nSPS) is 19.5. The molecule has 0 aromatic heterocycles. The summed E-state index contributed by atoms with van der Waals surface area (Å²) in [5, 5.41) is 30.9. The number of aliphatic hydroxyl groups excluding tert-OH is 3. The summed E-state index contributed by atoms with van der Waals surface area (Å²) in [6.45, 7) is 3.73. The summed E-state index contributed by atoms with van der Waals surface area (Å²) in [7, 11) is -5.08. The molecule has 4 N–H and O–H groups in total. The summed E-state index contributed by atoms with van der Waals surface area (Å²) < 4.78 is 59.5. The van der Waals surface area contributed by atoms with Crippen LogP contribution in [0, 0.1) is 0 Å². The van der Waals surface area contributed by atoms with Crippen LogP contribution in [0.2, 0.25) is 0 Å². The molecule has 434 valence electrons. The molecule has 0 spiro atoms. The van der Waals surface area contributed by atoms with Crippen LogP contribution in [-0.2, 0) is 38.3 Å². The minimum atomic E-state index is -5.08. The number of unbranched alkanes of at least 4 members (excludes halogenated alkanes) is 17. The van der Waals surface area contributed by atoms with E-state index in [0.29, 0.717) is 13.0 Å². The number of hydrogen-bond donors (Lipinski definition) is 4. The van der Waals surface area contributed by atoms with Crippen LogP contribution in [0.3, 0.4) is 0 Å². The topological polar surface area (TPSA) is 178 Å². The summed E-state index contributed by atoms with van der Waals surface area (Å²) in [5.41, 5.74) is 0. The Bertz CT molecular complexity index is 1780. The number of hydrogen-bond acceptors (Lipinski definition) is 11. The van der Waals surface area contributed by atoms with E-state index in [1.165, 1.54) is 57.8 Å². The number of carbonyl (C=O) groups is 1. The summed E-state index contributed by atoms with van der Waals surface area (Å²) in [4.78, 5) is 13.0. The van der Waals surface area contributed by atoms with Gasteiger partial charge in [-0.3, -0.25) is 9.35 Å². The van der Waals surface area contributed by atoms with Gasteiger partial charge in [-0.15, -0.1) is 0 Å². The highest BCUT2D eigenvalue weighted by Gasteiger charge is 2.48. The lowest BCUT2D eigenvalue weighted by molar-refractivity contribution is -0.301. The predicted molar refractivity (Wildman–Crippen MR) is 312 cm³/mol. The van der Waals surface area contributed by atoms with E-state index in [2.05, 4.69) is 140 Å². The van der Waals surface area contributed by atoms with Crippen molar-refractivity contribution in [3.05, 3.63) is 122 Å². The van der Waals surface area contributed by atoms with E-state index >= 15 is 0 Å². The van der Waals surface area contributed by atoms with Gasteiger partial charge in [-0.1, -0.05) is 219 Å². The molecule has 1 rings (SSSR count). The maximum atomic E-state index is 13.0. The number of allylic oxidation sites excluding steroid dienone is 20. The molecule has 0 aromatic carbocycles. The second-order valence-corrected chi connectivity index (χ2v) is 20.5. The van der Waals surface area contributed by atoms with Gasteiger partial charge in [0, 0.05) is 13.0 Å². The highest BCUT2D eigenvalue weighted by molar-refractivity contribution is 7.80. The molecule has 0 saturated carbocycles. The second kappa shape index (κ2) is 52.2. The zero-order chi connectivity index (χ0) is 55.3.